The van der Waals surface area contributed by atoms with Crippen molar-refractivity contribution in [3.8, 4) is 6.07 Å². The Labute approximate surface area is 86.4 Å². The quantitative estimate of drug-likeness (QED) is 0.601. The topological polar surface area (TPSA) is 45.0 Å². The van der Waals surface area contributed by atoms with Crippen LogP contribution in [-0.4, -0.2) is 26.3 Å². The fourth-order valence-corrected chi connectivity index (χ4v) is 1.45. The zero-order valence-corrected chi connectivity index (χ0v) is 9.01. The van der Waals surface area contributed by atoms with Crippen molar-refractivity contribution in [1.82, 2.24) is 5.32 Å². The van der Waals surface area contributed by atoms with Crippen molar-refractivity contribution in [2.45, 2.75) is 32.6 Å². The van der Waals surface area contributed by atoms with Gasteiger partial charge in [-0.25, -0.2) is 0 Å². The van der Waals surface area contributed by atoms with Gasteiger partial charge in [-0.15, -0.1) is 0 Å². The van der Waals surface area contributed by atoms with Gasteiger partial charge in [0.15, 0.2) is 0 Å². The summed E-state index contributed by atoms with van der Waals surface area (Å²) in [6.45, 7) is 5.69. The summed E-state index contributed by atoms with van der Waals surface area (Å²) < 4.78 is 5.55. The Bertz CT molecular complexity index is 194. The van der Waals surface area contributed by atoms with Crippen LogP contribution in [0.5, 0.6) is 0 Å². The van der Waals surface area contributed by atoms with Crippen LogP contribution in [0, 0.1) is 16.7 Å². The number of nitriles is 1. The van der Waals surface area contributed by atoms with E-state index in [2.05, 4.69) is 18.3 Å². The standard InChI is InChI=1S/C11H20N2O/c1-2-7-13-8-9-14-10-11(3-4-11)5-6-12/h13H,2-5,7-10H2,1H3. The first-order valence-electron chi connectivity index (χ1n) is 5.48. The molecule has 1 rings (SSSR count). The summed E-state index contributed by atoms with van der Waals surface area (Å²) in [7, 11) is 0. The SMILES string of the molecule is CCCNCCOCC1(CC#N)CC1. The molecule has 0 amide bonds. The number of ether oxygens (including phenoxy) is 1. The zero-order valence-electron chi connectivity index (χ0n) is 9.01. The van der Waals surface area contributed by atoms with Crippen molar-refractivity contribution in [3.05, 3.63) is 0 Å². The Hall–Kier alpha value is -0.590. The predicted molar refractivity (Wildman–Crippen MR) is 55.9 cm³/mol. The molecule has 0 saturated heterocycles. The molecule has 0 aromatic carbocycles. The molecule has 3 heteroatoms. The third-order valence-electron chi connectivity index (χ3n) is 2.67. The number of rotatable bonds is 8. The van der Waals surface area contributed by atoms with Gasteiger partial charge in [0.1, 0.15) is 0 Å². The molecular weight excluding hydrogens is 176 g/mol. The van der Waals surface area contributed by atoms with Crippen LogP contribution >= 0.6 is 0 Å². The largest absolute Gasteiger partial charge is 0.380 e. The van der Waals surface area contributed by atoms with E-state index in [9.17, 15) is 0 Å². The number of hydrogen-bond donors (Lipinski definition) is 1. The molecule has 0 spiro atoms. The molecule has 3 nitrogen and oxygen atoms in total. The number of nitrogens with one attached hydrogen (secondary N) is 1. The van der Waals surface area contributed by atoms with E-state index >= 15 is 0 Å². The molecule has 1 fully saturated rings. The molecule has 1 N–H and O–H groups in total. The van der Waals surface area contributed by atoms with Crippen molar-refractivity contribution in [3.63, 3.8) is 0 Å². The average molecular weight is 196 g/mol. The lowest BCUT2D eigenvalue weighted by molar-refractivity contribution is 0.0935. The second kappa shape index (κ2) is 6.00. The summed E-state index contributed by atoms with van der Waals surface area (Å²) in [5, 5.41) is 11.9. The molecule has 1 aliphatic rings. The van der Waals surface area contributed by atoms with Crippen molar-refractivity contribution >= 4 is 0 Å². The zero-order chi connectivity index (χ0) is 10.3. The van der Waals surface area contributed by atoms with Gasteiger partial charge in [0.05, 0.1) is 19.3 Å². The average Bonchev–Trinajstić information content (AvgIpc) is 2.93. The lowest BCUT2D eigenvalue weighted by Gasteiger charge is -2.11. The van der Waals surface area contributed by atoms with Crippen LogP contribution in [0.1, 0.15) is 32.6 Å². The Kier molecular flexibility index (Phi) is 4.92. The molecule has 0 radical (unpaired) electrons. The van der Waals surface area contributed by atoms with Crippen LogP contribution in [0.2, 0.25) is 0 Å². The Morgan fingerprint density at radius 3 is 2.79 bits per heavy atom. The normalized spacial score (nSPS) is 17.7. The smallest absolute Gasteiger partial charge is 0.0628 e. The summed E-state index contributed by atoms with van der Waals surface area (Å²) >= 11 is 0. The Balaban J connectivity index is 1.91. The minimum Gasteiger partial charge on any atom is -0.380 e. The lowest BCUT2D eigenvalue weighted by Crippen LogP contribution is -2.22. The van der Waals surface area contributed by atoms with Crippen LogP contribution in [0.4, 0.5) is 0 Å². The van der Waals surface area contributed by atoms with Gasteiger partial charge in [0.2, 0.25) is 0 Å². The van der Waals surface area contributed by atoms with Crippen molar-refractivity contribution in [2.75, 3.05) is 26.3 Å². The minimum atomic E-state index is 0.236. The third kappa shape index (κ3) is 4.08. The lowest BCUT2D eigenvalue weighted by atomic mass is 10.1. The van der Waals surface area contributed by atoms with E-state index in [0.29, 0.717) is 6.42 Å². The third-order valence-corrected chi connectivity index (χ3v) is 2.67. The van der Waals surface area contributed by atoms with E-state index in [4.69, 9.17) is 10.00 Å². The highest BCUT2D eigenvalue weighted by molar-refractivity contribution is 4.99. The predicted octanol–water partition coefficient (Wildman–Crippen LogP) is 1.70. The minimum absolute atomic E-state index is 0.236. The first-order chi connectivity index (χ1) is 6.83. The van der Waals surface area contributed by atoms with Crippen LogP contribution in [-0.2, 0) is 4.74 Å². The molecular formula is C11H20N2O. The van der Waals surface area contributed by atoms with Crippen molar-refractivity contribution in [2.24, 2.45) is 5.41 Å². The van der Waals surface area contributed by atoms with Crippen LogP contribution in [0.3, 0.4) is 0 Å². The molecule has 0 heterocycles. The fourth-order valence-electron chi connectivity index (χ4n) is 1.45. The molecule has 0 bridgehead atoms. The molecule has 1 aliphatic carbocycles. The van der Waals surface area contributed by atoms with Gasteiger partial charge in [0, 0.05) is 18.4 Å². The van der Waals surface area contributed by atoms with Crippen LogP contribution < -0.4 is 5.32 Å². The highest BCUT2D eigenvalue weighted by Crippen LogP contribution is 2.48. The van der Waals surface area contributed by atoms with Gasteiger partial charge in [-0.05, 0) is 25.8 Å². The van der Waals surface area contributed by atoms with Crippen LogP contribution in [0.25, 0.3) is 0 Å². The summed E-state index contributed by atoms with van der Waals surface area (Å²) in [4.78, 5) is 0. The van der Waals surface area contributed by atoms with E-state index in [-0.39, 0.29) is 5.41 Å². The Morgan fingerprint density at radius 2 is 2.21 bits per heavy atom. The molecule has 80 valence electrons. The molecule has 0 aliphatic heterocycles. The van der Waals surface area contributed by atoms with E-state index in [1.165, 1.54) is 19.3 Å². The van der Waals surface area contributed by atoms with Gasteiger partial charge < -0.3 is 10.1 Å². The summed E-state index contributed by atoms with van der Waals surface area (Å²) in [6, 6.07) is 2.24. The second-order valence-electron chi connectivity index (χ2n) is 4.14. The van der Waals surface area contributed by atoms with Gasteiger partial charge in [-0.1, -0.05) is 6.92 Å². The summed E-state index contributed by atoms with van der Waals surface area (Å²) in [6.07, 6.45) is 4.17. The fraction of sp³-hybridized carbons (Fsp3) is 0.909. The number of nitrogens with zero attached hydrogens (tertiary/aromatic N) is 1. The molecule has 0 unspecified atom stereocenters. The molecule has 1 saturated carbocycles. The highest BCUT2D eigenvalue weighted by atomic mass is 16.5. The van der Waals surface area contributed by atoms with Gasteiger partial charge in [-0.2, -0.15) is 5.26 Å². The molecule has 0 aromatic rings. The summed E-state index contributed by atoms with van der Waals surface area (Å²) in [5.74, 6) is 0. The van der Waals surface area contributed by atoms with E-state index in [1.807, 2.05) is 0 Å². The highest BCUT2D eigenvalue weighted by Gasteiger charge is 2.42. The first kappa shape index (κ1) is 11.5. The van der Waals surface area contributed by atoms with Crippen molar-refractivity contribution < 1.29 is 4.74 Å². The van der Waals surface area contributed by atoms with Crippen LogP contribution in [0.15, 0.2) is 0 Å². The van der Waals surface area contributed by atoms with Crippen molar-refractivity contribution in [1.29, 1.82) is 5.26 Å². The van der Waals surface area contributed by atoms with E-state index in [1.54, 1.807) is 0 Å². The maximum absolute atomic E-state index is 8.60. The summed E-state index contributed by atoms with van der Waals surface area (Å²) in [5.41, 5.74) is 0.236. The van der Waals surface area contributed by atoms with Gasteiger partial charge in [-0.3, -0.25) is 0 Å². The van der Waals surface area contributed by atoms with E-state index in [0.717, 1.165) is 26.3 Å². The number of hydrogen-bond acceptors (Lipinski definition) is 3. The van der Waals surface area contributed by atoms with E-state index < -0.39 is 0 Å². The maximum Gasteiger partial charge on any atom is 0.0628 e. The van der Waals surface area contributed by atoms with Gasteiger partial charge >= 0.3 is 0 Å². The second-order valence-corrected chi connectivity index (χ2v) is 4.14. The monoisotopic (exact) mass is 196 g/mol. The Morgan fingerprint density at radius 1 is 1.43 bits per heavy atom. The molecule has 0 aromatic heterocycles. The molecule has 14 heavy (non-hydrogen) atoms. The maximum atomic E-state index is 8.60. The molecule has 0 atom stereocenters. The first-order valence-corrected chi connectivity index (χ1v) is 5.48. The van der Waals surface area contributed by atoms with Gasteiger partial charge in [0.25, 0.3) is 0 Å².